The van der Waals surface area contributed by atoms with Crippen molar-refractivity contribution in [2.75, 3.05) is 7.05 Å². The second kappa shape index (κ2) is 9.17. The molecule has 0 radical (unpaired) electrons. The number of phenols is 2. The van der Waals surface area contributed by atoms with E-state index in [0.717, 1.165) is 16.8 Å². The molecule has 3 aromatic carbocycles. The molecule has 4 rings (SSSR count). The van der Waals surface area contributed by atoms with Gasteiger partial charge in [-0.3, -0.25) is 4.79 Å². The summed E-state index contributed by atoms with van der Waals surface area (Å²) in [6.07, 6.45) is 1.62. The van der Waals surface area contributed by atoms with Crippen LogP contribution in [0.1, 0.15) is 21.5 Å². The van der Waals surface area contributed by atoms with Crippen LogP contribution in [-0.4, -0.2) is 37.8 Å². The molecule has 0 fully saturated rings. The molecule has 0 bridgehead atoms. The van der Waals surface area contributed by atoms with Crippen molar-refractivity contribution in [1.82, 2.24) is 14.7 Å². The maximum absolute atomic E-state index is 13.2. The van der Waals surface area contributed by atoms with Crippen LogP contribution in [0.5, 0.6) is 11.5 Å². The van der Waals surface area contributed by atoms with Crippen LogP contribution in [0.3, 0.4) is 0 Å². The molecule has 0 unspecified atom stereocenters. The molecule has 0 atom stereocenters. The zero-order valence-corrected chi connectivity index (χ0v) is 19.5. The summed E-state index contributed by atoms with van der Waals surface area (Å²) >= 11 is 12.0. The lowest BCUT2D eigenvalue weighted by molar-refractivity contribution is 0.0782. The standard InChI is InChI=1S/C25H21Cl2N3O3/c1-15-5-3-4-6-21(15)30-22(9-10-28-30)17-12-18(24(32)13-23(17)31)25(33)29(2)14-16-7-8-19(26)20(27)11-16/h3-13,31-32H,14H2,1-2H3. The first-order valence-electron chi connectivity index (χ1n) is 10.1. The van der Waals surface area contributed by atoms with Crippen LogP contribution in [-0.2, 0) is 6.54 Å². The first-order chi connectivity index (χ1) is 15.8. The summed E-state index contributed by atoms with van der Waals surface area (Å²) < 4.78 is 1.69. The van der Waals surface area contributed by atoms with Gasteiger partial charge in [-0.1, -0.05) is 47.5 Å². The largest absolute Gasteiger partial charge is 0.507 e. The van der Waals surface area contributed by atoms with Crippen molar-refractivity contribution in [3.05, 3.63) is 93.6 Å². The molecule has 0 aliphatic rings. The van der Waals surface area contributed by atoms with Gasteiger partial charge in [0.2, 0.25) is 0 Å². The number of nitrogens with zero attached hydrogens (tertiary/aromatic N) is 3. The molecule has 1 aromatic heterocycles. The van der Waals surface area contributed by atoms with Crippen molar-refractivity contribution in [1.29, 1.82) is 0 Å². The molecule has 0 saturated carbocycles. The highest BCUT2D eigenvalue weighted by Crippen LogP contribution is 2.36. The predicted octanol–water partition coefficient (Wildman–Crippen LogP) is 5.84. The third-order valence-electron chi connectivity index (χ3n) is 5.36. The van der Waals surface area contributed by atoms with E-state index in [0.29, 0.717) is 21.3 Å². The number of amides is 1. The van der Waals surface area contributed by atoms with Crippen molar-refractivity contribution in [2.45, 2.75) is 13.5 Å². The third kappa shape index (κ3) is 4.53. The Kier molecular flexibility index (Phi) is 6.31. The van der Waals surface area contributed by atoms with E-state index in [2.05, 4.69) is 5.10 Å². The molecule has 0 spiro atoms. The van der Waals surface area contributed by atoms with Gasteiger partial charge in [-0.25, -0.2) is 4.68 Å². The number of aromatic hydroxyl groups is 2. The van der Waals surface area contributed by atoms with Crippen LogP contribution in [0, 0.1) is 6.92 Å². The number of phenolic OH excluding ortho intramolecular Hbond substituents is 2. The lowest BCUT2D eigenvalue weighted by atomic mass is 10.0. The van der Waals surface area contributed by atoms with Crippen molar-refractivity contribution in [3.8, 4) is 28.4 Å². The number of hydrogen-bond donors (Lipinski definition) is 2. The summed E-state index contributed by atoms with van der Waals surface area (Å²) in [6.45, 7) is 2.22. The van der Waals surface area contributed by atoms with Crippen LogP contribution in [0.4, 0.5) is 0 Å². The predicted molar refractivity (Wildman–Crippen MR) is 129 cm³/mol. The zero-order valence-electron chi connectivity index (χ0n) is 18.0. The van der Waals surface area contributed by atoms with Gasteiger partial charge >= 0.3 is 0 Å². The van der Waals surface area contributed by atoms with Crippen molar-refractivity contribution in [2.24, 2.45) is 0 Å². The summed E-state index contributed by atoms with van der Waals surface area (Å²) in [5.74, 6) is -0.891. The average Bonchev–Trinajstić information content (AvgIpc) is 3.25. The van der Waals surface area contributed by atoms with Crippen molar-refractivity contribution in [3.63, 3.8) is 0 Å². The molecule has 33 heavy (non-hydrogen) atoms. The van der Waals surface area contributed by atoms with E-state index in [1.807, 2.05) is 31.2 Å². The highest BCUT2D eigenvalue weighted by molar-refractivity contribution is 6.42. The van der Waals surface area contributed by atoms with E-state index in [9.17, 15) is 15.0 Å². The number of rotatable bonds is 5. The molecule has 2 N–H and O–H groups in total. The number of benzene rings is 3. The van der Waals surface area contributed by atoms with Crippen LogP contribution in [0.25, 0.3) is 16.9 Å². The second-order valence-electron chi connectivity index (χ2n) is 7.71. The van der Waals surface area contributed by atoms with Crippen molar-refractivity contribution < 1.29 is 15.0 Å². The SMILES string of the molecule is Cc1ccccc1-n1nccc1-c1cc(C(=O)N(C)Cc2ccc(Cl)c(Cl)c2)c(O)cc1O. The first-order valence-corrected chi connectivity index (χ1v) is 10.9. The van der Waals surface area contributed by atoms with Gasteiger partial charge in [-0.15, -0.1) is 0 Å². The molecular formula is C25H21Cl2N3O3. The van der Waals surface area contributed by atoms with Gasteiger partial charge in [0.25, 0.3) is 5.91 Å². The summed E-state index contributed by atoms with van der Waals surface area (Å²) in [5.41, 5.74) is 3.65. The van der Waals surface area contributed by atoms with Gasteiger partial charge in [-0.2, -0.15) is 5.10 Å². The van der Waals surface area contributed by atoms with E-state index in [-0.39, 0.29) is 23.6 Å². The Morgan fingerprint density at radius 1 is 1.00 bits per heavy atom. The fourth-order valence-electron chi connectivity index (χ4n) is 3.64. The molecule has 168 valence electrons. The quantitative estimate of drug-likeness (QED) is 0.375. The van der Waals surface area contributed by atoms with E-state index in [4.69, 9.17) is 23.2 Å². The van der Waals surface area contributed by atoms with E-state index in [1.165, 1.54) is 17.0 Å². The Balaban J connectivity index is 1.70. The Hall–Kier alpha value is -3.48. The molecule has 8 heteroatoms. The number of halogens is 2. The second-order valence-corrected chi connectivity index (χ2v) is 8.53. The highest BCUT2D eigenvalue weighted by atomic mass is 35.5. The Labute approximate surface area is 201 Å². The maximum Gasteiger partial charge on any atom is 0.257 e. The lowest BCUT2D eigenvalue weighted by Gasteiger charge is -2.19. The van der Waals surface area contributed by atoms with E-state index >= 15 is 0 Å². The zero-order chi connectivity index (χ0) is 23.7. The minimum atomic E-state index is -0.415. The van der Waals surface area contributed by atoms with E-state index < -0.39 is 5.91 Å². The van der Waals surface area contributed by atoms with Gasteiger partial charge < -0.3 is 15.1 Å². The molecule has 0 aliphatic heterocycles. The van der Waals surface area contributed by atoms with Crippen LogP contribution in [0.15, 0.2) is 66.9 Å². The lowest BCUT2D eigenvalue weighted by Crippen LogP contribution is -2.26. The molecule has 1 heterocycles. The summed E-state index contributed by atoms with van der Waals surface area (Å²) in [4.78, 5) is 14.6. The fourth-order valence-corrected chi connectivity index (χ4v) is 3.96. The molecular weight excluding hydrogens is 461 g/mol. The number of hydrogen-bond acceptors (Lipinski definition) is 4. The monoisotopic (exact) mass is 481 g/mol. The van der Waals surface area contributed by atoms with Gasteiger partial charge in [-0.05, 0) is 48.4 Å². The van der Waals surface area contributed by atoms with Crippen LogP contribution >= 0.6 is 23.2 Å². The average molecular weight is 482 g/mol. The number of para-hydroxylation sites is 1. The Bertz CT molecular complexity index is 1350. The Morgan fingerprint density at radius 3 is 2.48 bits per heavy atom. The third-order valence-corrected chi connectivity index (χ3v) is 6.10. The van der Waals surface area contributed by atoms with Crippen LogP contribution < -0.4 is 0 Å². The van der Waals surface area contributed by atoms with Crippen molar-refractivity contribution >= 4 is 29.1 Å². The topological polar surface area (TPSA) is 78.6 Å². The first kappa shape index (κ1) is 22.7. The summed E-state index contributed by atoms with van der Waals surface area (Å²) in [5, 5.41) is 26.2. The van der Waals surface area contributed by atoms with Gasteiger partial charge in [0.1, 0.15) is 11.5 Å². The number of carbonyl (C=O) groups excluding carboxylic acids is 1. The minimum absolute atomic E-state index is 0.0582. The Morgan fingerprint density at radius 2 is 1.76 bits per heavy atom. The summed E-state index contributed by atoms with van der Waals surface area (Å²) in [7, 11) is 1.62. The van der Waals surface area contributed by atoms with E-state index in [1.54, 1.807) is 42.2 Å². The van der Waals surface area contributed by atoms with Gasteiger partial charge in [0.15, 0.2) is 0 Å². The highest BCUT2D eigenvalue weighted by Gasteiger charge is 2.22. The number of aryl methyl sites for hydroxylation is 1. The van der Waals surface area contributed by atoms with Gasteiger partial charge in [0.05, 0.1) is 33.2 Å². The molecule has 1 amide bonds. The molecule has 0 aliphatic carbocycles. The fraction of sp³-hybridized carbons (Fsp3) is 0.120. The molecule has 4 aromatic rings. The smallest absolute Gasteiger partial charge is 0.257 e. The van der Waals surface area contributed by atoms with Crippen LogP contribution in [0.2, 0.25) is 10.0 Å². The minimum Gasteiger partial charge on any atom is -0.507 e. The normalized spacial score (nSPS) is 10.9. The number of aromatic nitrogens is 2. The molecule has 0 saturated heterocycles. The number of carbonyl (C=O) groups is 1. The molecule has 6 nitrogen and oxygen atoms in total. The summed E-state index contributed by atoms with van der Waals surface area (Å²) in [6, 6.07) is 17.2. The maximum atomic E-state index is 13.2. The van der Waals surface area contributed by atoms with Gasteiger partial charge in [0, 0.05) is 25.2 Å².